The number of benzene rings is 2. The lowest BCUT2D eigenvalue weighted by atomic mass is 10.2. The van der Waals surface area contributed by atoms with Gasteiger partial charge in [0.1, 0.15) is 5.75 Å². The summed E-state index contributed by atoms with van der Waals surface area (Å²) in [5.41, 5.74) is 1.34. The number of amides is 2. The molecule has 0 radical (unpaired) electrons. The van der Waals surface area contributed by atoms with E-state index in [1.165, 1.54) is 26.3 Å². The number of ether oxygens (including phenoxy) is 1. The normalized spacial score (nSPS) is 11.7. The molecule has 128 valence electrons. The van der Waals surface area contributed by atoms with E-state index in [9.17, 15) is 9.00 Å². The third-order valence-corrected chi connectivity index (χ3v) is 5.54. The number of anilines is 1. The molecule has 0 bridgehead atoms. The summed E-state index contributed by atoms with van der Waals surface area (Å²) < 4.78 is 18.2. The summed E-state index contributed by atoms with van der Waals surface area (Å²) in [4.78, 5) is 12.1. The zero-order chi connectivity index (χ0) is 17.9. The highest BCUT2D eigenvalue weighted by molar-refractivity contribution is 7.85. The molecule has 2 aromatic carbocycles. The Morgan fingerprint density at radius 3 is 2.33 bits per heavy atom. The van der Waals surface area contributed by atoms with E-state index >= 15 is 0 Å². The van der Waals surface area contributed by atoms with Crippen LogP contribution in [-0.2, 0) is 10.8 Å². The van der Waals surface area contributed by atoms with E-state index in [-0.39, 0.29) is 14.9 Å². The van der Waals surface area contributed by atoms with Crippen LogP contribution >= 0.6 is 23.2 Å². The first-order valence-electron chi connectivity index (χ1n) is 6.91. The lowest BCUT2D eigenvalue weighted by molar-refractivity contribution is 0.254. The van der Waals surface area contributed by atoms with Gasteiger partial charge in [-0.15, -0.1) is 0 Å². The van der Waals surface area contributed by atoms with E-state index in [0.29, 0.717) is 16.3 Å². The van der Waals surface area contributed by atoms with E-state index in [0.717, 1.165) is 5.56 Å². The van der Waals surface area contributed by atoms with Crippen molar-refractivity contribution < 1.29 is 13.7 Å². The van der Waals surface area contributed by atoms with Crippen molar-refractivity contribution >= 4 is 45.7 Å². The molecule has 0 heterocycles. The molecule has 2 rings (SSSR count). The molecule has 0 saturated heterocycles. The summed E-state index contributed by atoms with van der Waals surface area (Å²) in [6, 6.07) is 7.95. The molecule has 0 aliphatic rings. The highest BCUT2D eigenvalue weighted by atomic mass is 35.5. The number of carbonyl (C=O) groups is 1. The first-order chi connectivity index (χ1) is 11.4. The van der Waals surface area contributed by atoms with Crippen molar-refractivity contribution in [1.29, 1.82) is 0 Å². The number of hydrogen-bond donors (Lipinski definition) is 2. The van der Waals surface area contributed by atoms with Crippen LogP contribution in [0.1, 0.15) is 5.56 Å². The minimum atomic E-state index is -1.63. The third-order valence-electron chi connectivity index (χ3n) is 3.19. The maximum atomic E-state index is 13.0. The molecule has 2 amide bonds. The van der Waals surface area contributed by atoms with Crippen LogP contribution in [0, 0.1) is 6.92 Å². The molecule has 8 heteroatoms. The average Bonchev–Trinajstić information content (AvgIpc) is 2.53. The van der Waals surface area contributed by atoms with Crippen LogP contribution in [0.5, 0.6) is 5.75 Å². The van der Waals surface area contributed by atoms with E-state index < -0.39 is 16.8 Å². The molecule has 0 fully saturated rings. The zero-order valence-electron chi connectivity index (χ0n) is 13.3. The van der Waals surface area contributed by atoms with Gasteiger partial charge in [0.2, 0.25) is 0 Å². The lowest BCUT2D eigenvalue weighted by Crippen LogP contribution is -2.24. The standard InChI is InChI=1S/C16H16Cl2N2O3S/c1-9-4-5-13(23-3)14(6-9)24(22)15-11(17)7-10(8-12(15)18)20-16(21)19-2/h4-8H,1-3H3,(H2,19,20,21). The second kappa shape index (κ2) is 7.88. The molecule has 2 aromatic rings. The highest BCUT2D eigenvalue weighted by Crippen LogP contribution is 2.37. The number of methoxy groups -OCH3 is 1. The molecule has 0 spiro atoms. The van der Waals surface area contributed by atoms with E-state index in [1.807, 2.05) is 13.0 Å². The molecular weight excluding hydrogens is 371 g/mol. The van der Waals surface area contributed by atoms with Gasteiger partial charge < -0.3 is 15.4 Å². The zero-order valence-corrected chi connectivity index (χ0v) is 15.6. The Morgan fingerprint density at radius 1 is 1.17 bits per heavy atom. The third kappa shape index (κ3) is 4.01. The van der Waals surface area contributed by atoms with Gasteiger partial charge in [0, 0.05) is 12.7 Å². The number of nitrogens with one attached hydrogen (secondary N) is 2. The van der Waals surface area contributed by atoms with Crippen LogP contribution in [-0.4, -0.2) is 24.4 Å². The number of hydrogen-bond acceptors (Lipinski definition) is 3. The van der Waals surface area contributed by atoms with E-state index in [1.54, 1.807) is 12.1 Å². The Morgan fingerprint density at radius 2 is 1.79 bits per heavy atom. The Kier molecular flexibility index (Phi) is 6.10. The van der Waals surface area contributed by atoms with Gasteiger partial charge in [-0.3, -0.25) is 0 Å². The largest absolute Gasteiger partial charge is 0.495 e. The van der Waals surface area contributed by atoms with E-state index in [4.69, 9.17) is 27.9 Å². The van der Waals surface area contributed by atoms with Gasteiger partial charge >= 0.3 is 6.03 Å². The number of urea groups is 1. The van der Waals surface area contributed by atoms with Crippen molar-refractivity contribution in [3.8, 4) is 5.75 Å². The molecule has 1 atom stereocenters. The molecule has 24 heavy (non-hydrogen) atoms. The first kappa shape index (κ1) is 18.6. The van der Waals surface area contributed by atoms with Crippen LogP contribution in [0.25, 0.3) is 0 Å². The molecule has 0 aliphatic heterocycles. The summed E-state index contributed by atoms with van der Waals surface area (Å²) in [5, 5.41) is 5.37. The van der Waals surface area contributed by atoms with Gasteiger partial charge in [-0.05, 0) is 36.8 Å². The molecule has 0 aliphatic carbocycles. The van der Waals surface area contributed by atoms with Gasteiger partial charge in [0.25, 0.3) is 0 Å². The molecule has 2 N–H and O–H groups in total. The molecule has 0 aromatic heterocycles. The Bertz CT molecular complexity index is 789. The summed E-state index contributed by atoms with van der Waals surface area (Å²) in [5.74, 6) is 0.485. The van der Waals surface area contributed by atoms with Crippen molar-refractivity contribution in [1.82, 2.24) is 5.32 Å². The number of halogens is 2. The first-order valence-corrected chi connectivity index (χ1v) is 8.82. The van der Waals surface area contributed by atoms with Gasteiger partial charge in [-0.25, -0.2) is 9.00 Å². The van der Waals surface area contributed by atoms with Crippen LogP contribution < -0.4 is 15.4 Å². The topological polar surface area (TPSA) is 67.4 Å². The Labute approximate surface area is 152 Å². The van der Waals surface area contributed by atoms with Crippen molar-refractivity contribution in [3.05, 3.63) is 45.9 Å². The van der Waals surface area contributed by atoms with Crippen LogP contribution in [0.3, 0.4) is 0 Å². The average molecular weight is 387 g/mol. The predicted octanol–water partition coefficient (Wildman–Crippen LogP) is 4.23. The van der Waals surface area contributed by atoms with Crippen molar-refractivity contribution in [2.24, 2.45) is 0 Å². The van der Waals surface area contributed by atoms with Gasteiger partial charge in [0.05, 0.1) is 37.7 Å². The summed E-state index contributed by atoms with van der Waals surface area (Å²) in [6.07, 6.45) is 0. The number of rotatable bonds is 4. The molecule has 0 saturated carbocycles. The molecule has 5 nitrogen and oxygen atoms in total. The minimum Gasteiger partial charge on any atom is -0.495 e. The van der Waals surface area contributed by atoms with Crippen molar-refractivity contribution in [2.45, 2.75) is 16.7 Å². The second-order valence-electron chi connectivity index (χ2n) is 4.90. The Balaban J connectivity index is 2.47. The lowest BCUT2D eigenvalue weighted by Gasteiger charge is -2.13. The summed E-state index contributed by atoms with van der Waals surface area (Å²) in [6.45, 7) is 1.89. The Hall–Kier alpha value is -1.76. The number of carbonyl (C=O) groups excluding carboxylic acids is 1. The van der Waals surface area contributed by atoms with E-state index in [2.05, 4.69) is 10.6 Å². The fourth-order valence-corrected chi connectivity index (χ4v) is 4.27. The fraction of sp³-hybridized carbons (Fsp3) is 0.188. The van der Waals surface area contributed by atoms with Gasteiger partial charge in [0.15, 0.2) is 0 Å². The minimum absolute atomic E-state index is 0.191. The van der Waals surface area contributed by atoms with Crippen LogP contribution in [0.15, 0.2) is 40.1 Å². The molecule has 1 unspecified atom stereocenters. The quantitative estimate of drug-likeness (QED) is 0.825. The highest BCUT2D eigenvalue weighted by Gasteiger charge is 2.20. The molecular formula is C16H16Cl2N2O3S. The smallest absolute Gasteiger partial charge is 0.318 e. The maximum absolute atomic E-state index is 13.0. The SMILES string of the molecule is CNC(=O)Nc1cc(Cl)c(S(=O)c2cc(C)ccc2OC)c(Cl)c1. The predicted molar refractivity (Wildman–Crippen MR) is 96.9 cm³/mol. The summed E-state index contributed by atoms with van der Waals surface area (Å²) >= 11 is 12.5. The van der Waals surface area contributed by atoms with Crippen LogP contribution in [0.2, 0.25) is 10.0 Å². The van der Waals surface area contributed by atoms with Crippen LogP contribution in [0.4, 0.5) is 10.5 Å². The number of aryl methyl sites for hydroxylation is 1. The maximum Gasteiger partial charge on any atom is 0.318 e. The van der Waals surface area contributed by atoms with Crippen molar-refractivity contribution in [2.75, 3.05) is 19.5 Å². The van der Waals surface area contributed by atoms with Crippen molar-refractivity contribution in [3.63, 3.8) is 0 Å². The summed E-state index contributed by atoms with van der Waals surface area (Å²) in [7, 11) is 1.37. The monoisotopic (exact) mass is 386 g/mol. The van der Waals surface area contributed by atoms with Gasteiger partial charge in [-0.2, -0.15) is 0 Å². The van der Waals surface area contributed by atoms with Gasteiger partial charge in [-0.1, -0.05) is 29.3 Å². The fourth-order valence-electron chi connectivity index (χ4n) is 2.04. The second-order valence-corrected chi connectivity index (χ2v) is 7.10.